The molecule has 0 fully saturated rings. The molecular weight excluding hydrogens is 144 g/mol. The van der Waals surface area contributed by atoms with Gasteiger partial charge < -0.3 is 16.4 Å². The van der Waals surface area contributed by atoms with Crippen LogP contribution in [0.4, 0.5) is 0 Å². The molecule has 5 N–H and O–H groups in total. The van der Waals surface area contributed by atoms with Crippen LogP contribution in [-0.4, -0.2) is 32.4 Å². The van der Waals surface area contributed by atoms with Crippen LogP contribution in [0, 0.1) is 5.41 Å². The van der Waals surface area contributed by atoms with Crippen molar-refractivity contribution < 1.29 is 0 Å². The molecule has 0 bridgehead atoms. The molecule has 0 saturated heterocycles. The molecule has 0 aromatic heterocycles. The predicted octanol–water partition coefficient (Wildman–Crippen LogP) is -1.30. The average Bonchev–Trinajstić information content (AvgIpc) is 2.00. The van der Waals surface area contributed by atoms with Crippen molar-refractivity contribution in [1.29, 1.82) is 5.41 Å². The topological polar surface area (TPSA) is 98.7 Å². The van der Waals surface area contributed by atoms with E-state index in [0.29, 0.717) is 0 Å². The Labute approximate surface area is 65.1 Å². The molecule has 0 heterocycles. The van der Waals surface area contributed by atoms with Gasteiger partial charge in [-0.05, 0) is 0 Å². The lowest BCUT2D eigenvalue weighted by molar-refractivity contribution is 1.11. The summed E-state index contributed by atoms with van der Waals surface area (Å²) in [5, 5.41) is 12.2. The summed E-state index contributed by atoms with van der Waals surface area (Å²) in [5.74, 6) is 0.0226. The molecule has 0 aromatic carbocycles. The maximum absolute atomic E-state index is 7.03. The molecule has 0 unspecified atom stereocenters. The van der Waals surface area contributed by atoms with Gasteiger partial charge in [-0.3, -0.25) is 5.41 Å². The maximum Gasteiger partial charge on any atom is 0.224 e. The fourth-order valence-corrected chi connectivity index (χ4v) is 0.330. The average molecular weight is 156 g/mol. The number of aliphatic imine (C=N–C) groups is 2. The summed E-state index contributed by atoms with van der Waals surface area (Å²) in [6, 6.07) is 0. The number of nitrogens with one attached hydrogen (secondary N) is 3. The van der Waals surface area contributed by atoms with Gasteiger partial charge in [-0.25, -0.2) is 4.99 Å². The lowest BCUT2D eigenvalue weighted by Crippen LogP contribution is -2.20. The second kappa shape index (κ2) is 5.21. The quantitative estimate of drug-likeness (QED) is 0.280. The number of nitrogens with two attached hydrogens (primary N) is 1. The predicted molar refractivity (Wildman–Crippen MR) is 46.0 cm³/mol. The summed E-state index contributed by atoms with van der Waals surface area (Å²) >= 11 is 0. The van der Waals surface area contributed by atoms with E-state index in [1.165, 1.54) is 6.34 Å². The van der Waals surface area contributed by atoms with E-state index < -0.39 is 0 Å². The highest BCUT2D eigenvalue weighted by Crippen LogP contribution is 1.71. The zero-order chi connectivity index (χ0) is 8.69. The summed E-state index contributed by atoms with van der Waals surface area (Å²) in [6.45, 7) is 0. The van der Waals surface area contributed by atoms with Gasteiger partial charge in [0.05, 0.1) is 6.34 Å². The number of guanidine groups is 2. The van der Waals surface area contributed by atoms with Gasteiger partial charge in [0.25, 0.3) is 0 Å². The SMILES string of the molecule is CN/C=N/C(N)=N\C(=N)NC. The Bertz CT molecular complexity index is 181. The van der Waals surface area contributed by atoms with Gasteiger partial charge in [0, 0.05) is 14.1 Å². The Morgan fingerprint density at radius 1 is 1.55 bits per heavy atom. The van der Waals surface area contributed by atoms with Crippen LogP contribution in [0.15, 0.2) is 9.98 Å². The third kappa shape index (κ3) is 4.89. The zero-order valence-corrected chi connectivity index (χ0v) is 6.55. The van der Waals surface area contributed by atoms with Gasteiger partial charge in [0.1, 0.15) is 0 Å². The van der Waals surface area contributed by atoms with Crippen LogP contribution >= 0.6 is 0 Å². The van der Waals surface area contributed by atoms with E-state index in [9.17, 15) is 0 Å². The highest BCUT2D eigenvalue weighted by atomic mass is 15.1. The molecular formula is C5H12N6. The highest BCUT2D eigenvalue weighted by molar-refractivity contribution is 5.95. The van der Waals surface area contributed by atoms with E-state index in [2.05, 4.69) is 20.6 Å². The first-order valence-corrected chi connectivity index (χ1v) is 3.01. The first-order chi connectivity index (χ1) is 5.20. The Hall–Kier alpha value is -1.59. The summed E-state index contributed by atoms with van der Waals surface area (Å²) < 4.78 is 0. The molecule has 0 spiro atoms. The molecule has 0 aromatic rings. The molecule has 0 aliphatic heterocycles. The van der Waals surface area contributed by atoms with Crippen LogP contribution in [-0.2, 0) is 0 Å². The molecule has 6 heteroatoms. The minimum absolute atomic E-state index is 0.0178. The van der Waals surface area contributed by atoms with E-state index in [4.69, 9.17) is 11.1 Å². The van der Waals surface area contributed by atoms with Gasteiger partial charge >= 0.3 is 0 Å². The second-order valence-corrected chi connectivity index (χ2v) is 1.62. The molecule has 0 saturated carbocycles. The lowest BCUT2D eigenvalue weighted by Gasteiger charge is -1.94. The Morgan fingerprint density at radius 2 is 2.18 bits per heavy atom. The van der Waals surface area contributed by atoms with E-state index in [-0.39, 0.29) is 11.9 Å². The fraction of sp³-hybridized carbons (Fsp3) is 0.400. The molecule has 0 aliphatic rings. The van der Waals surface area contributed by atoms with Crippen LogP contribution in [0.5, 0.6) is 0 Å². The van der Waals surface area contributed by atoms with Crippen molar-refractivity contribution in [2.75, 3.05) is 14.1 Å². The number of hydrogen-bond donors (Lipinski definition) is 4. The van der Waals surface area contributed by atoms with Crippen molar-refractivity contribution >= 4 is 18.3 Å². The largest absolute Gasteiger partial charge is 0.379 e. The van der Waals surface area contributed by atoms with E-state index in [0.717, 1.165) is 0 Å². The molecule has 0 radical (unpaired) electrons. The number of hydrogen-bond acceptors (Lipinski definition) is 1. The van der Waals surface area contributed by atoms with E-state index >= 15 is 0 Å². The fourth-order valence-electron chi connectivity index (χ4n) is 0.330. The van der Waals surface area contributed by atoms with Crippen LogP contribution in [0.25, 0.3) is 0 Å². The first kappa shape index (κ1) is 9.41. The van der Waals surface area contributed by atoms with Crippen LogP contribution in [0.1, 0.15) is 0 Å². The molecule has 6 nitrogen and oxygen atoms in total. The van der Waals surface area contributed by atoms with Crippen molar-refractivity contribution in [3.05, 3.63) is 0 Å². The number of nitrogens with zero attached hydrogens (tertiary/aromatic N) is 2. The van der Waals surface area contributed by atoms with Crippen molar-refractivity contribution in [3.63, 3.8) is 0 Å². The minimum atomic E-state index is -0.0178. The summed E-state index contributed by atoms with van der Waals surface area (Å²) in [4.78, 5) is 7.20. The zero-order valence-electron chi connectivity index (χ0n) is 6.55. The van der Waals surface area contributed by atoms with Gasteiger partial charge in [-0.1, -0.05) is 0 Å². The summed E-state index contributed by atoms with van der Waals surface area (Å²) in [6.07, 6.45) is 1.39. The third-order valence-electron chi connectivity index (χ3n) is 0.789. The Kier molecular flexibility index (Phi) is 4.46. The minimum Gasteiger partial charge on any atom is -0.379 e. The summed E-state index contributed by atoms with van der Waals surface area (Å²) in [7, 11) is 3.28. The number of rotatable bonds is 1. The van der Waals surface area contributed by atoms with Crippen molar-refractivity contribution in [3.8, 4) is 0 Å². The van der Waals surface area contributed by atoms with Crippen molar-refractivity contribution in [2.45, 2.75) is 0 Å². The van der Waals surface area contributed by atoms with Crippen LogP contribution in [0.3, 0.4) is 0 Å². The van der Waals surface area contributed by atoms with Gasteiger partial charge in [-0.15, -0.1) is 0 Å². The van der Waals surface area contributed by atoms with Crippen LogP contribution < -0.4 is 16.4 Å². The molecule has 0 rings (SSSR count). The Balaban J connectivity index is 4.00. The maximum atomic E-state index is 7.03. The van der Waals surface area contributed by atoms with Gasteiger partial charge in [-0.2, -0.15) is 4.99 Å². The normalized spacial score (nSPS) is 11.6. The first-order valence-electron chi connectivity index (χ1n) is 3.01. The molecule has 0 aliphatic carbocycles. The van der Waals surface area contributed by atoms with Gasteiger partial charge in [0.2, 0.25) is 11.9 Å². The highest BCUT2D eigenvalue weighted by Gasteiger charge is 1.88. The monoisotopic (exact) mass is 156 g/mol. The molecule has 0 amide bonds. The standard InChI is InChI=1S/C5H12N6/c1-8-3-10-5(7)11-4(6)9-2/h3H,1-2H3,(H5,6,7,8,9,10,11). The third-order valence-corrected chi connectivity index (χ3v) is 0.789. The van der Waals surface area contributed by atoms with E-state index in [1.54, 1.807) is 14.1 Å². The summed E-state index contributed by atoms with van der Waals surface area (Å²) in [5.41, 5.74) is 5.27. The molecule has 62 valence electrons. The molecule has 11 heavy (non-hydrogen) atoms. The molecule has 0 atom stereocenters. The Morgan fingerprint density at radius 3 is 2.64 bits per heavy atom. The van der Waals surface area contributed by atoms with E-state index in [1.807, 2.05) is 0 Å². The van der Waals surface area contributed by atoms with Crippen LogP contribution in [0.2, 0.25) is 0 Å². The van der Waals surface area contributed by atoms with Crippen molar-refractivity contribution in [1.82, 2.24) is 10.6 Å². The lowest BCUT2D eigenvalue weighted by atomic mass is 10.9. The van der Waals surface area contributed by atoms with Gasteiger partial charge in [0.15, 0.2) is 0 Å². The van der Waals surface area contributed by atoms with Crippen molar-refractivity contribution in [2.24, 2.45) is 15.7 Å². The second-order valence-electron chi connectivity index (χ2n) is 1.62. The smallest absolute Gasteiger partial charge is 0.224 e.